The van der Waals surface area contributed by atoms with Gasteiger partial charge in [-0.3, -0.25) is 9.59 Å². The van der Waals surface area contributed by atoms with Gasteiger partial charge in [0.25, 0.3) is 0 Å². The highest BCUT2D eigenvalue weighted by Gasteiger charge is 2.20. The van der Waals surface area contributed by atoms with Gasteiger partial charge in [-0.15, -0.1) is 11.3 Å². The third-order valence-electron chi connectivity index (χ3n) is 3.01. The molecule has 0 aliphatic rings. The van der Waals surface area contributed by atoms with E-state index in [-0.39, 0.29) is 24.9 Å². The first-order chi connectivity index (χ1) is 10.5. The van der Waals surface area contributed by atoms with E-state index < -0.39 is 5.97 Å². The number of carboxylic acids is 1. The van der Waals surface area contributed by atoms with Crippen molar-refractivity contribution in [3.8, 4) is 10.7 Å². The Morgan fingerprint density at radius 3 is 2.82 bits per heavy atom. The molecule has 0 aliphatic carbocycles. The van der Waals surface area contributed by atoms with E-state index in [9.17, 15) is 9.59 Å². The molecule has 0 aliphatic heterocycles. The van der Waals surface area contributed by atoms with Gasteiger partial charge in [0, 0.05) is 18.9 Å². The zero-order valence-corrected chi connectivity index (χ0v) is 13.2. The van der Waals surface area contributed by atoms with Crippen LogP contribution in [0.1, 0.15) is 26.2 Å². The summed E-state index contributed by atoms with van der Waals surface area (Å²) in [6, 6.07) is 3.61. The van der Waals surface area contributed by atoms with Crippen molar-refractivity contribution in [2.75, 3.05) is 6.54 Å². The van der Waals surface area contributed by atoms with Crippen molar-refractivity contribution in [3.05, 3.63) is 23.4 Å². The zero-order chi connectivity index (χ0) is 16.1. The number of rotatable bonds is 7. The van der Waals surface area contributed by atoms with Crippen LogP contribution in [0, 0.1) is 0 Å². The molecule has 0 bridgehead atoms. The monoisotopic (exact) mass is 323 g/mol. The molecule has 0 unspecified atom stereocenters. The Balaban J connectivity index is 1.94. The van der Waals surface area contributed by atoms with Crippen molar-refractivity contribution in [2.45, 2.75) is 32.7 Å². The van der Waals surface area contributed by atoms with Crippen molar-refractivity contribution in [2.24, 2.45) is 0 Å². The Morgan fingerprint density at radius 1 is 1.45 bits per heavy atom. The maximum Gasteiger partial charge on any atom is 0.323 e. The minimum atomic E-state index is -1.03. The molecule has 2 aromatic rings. The van der Waals surface area contributed by atoms with Crippen LogP contribution in [0.2, 0.25) is 0 Å². The SMILES string of the molecule is CC(C)N(CC(=O)O)C(=O)CCc1nc(-c2cccs2)no1. The van der Waals surface area contributed by atoms with Gasteiger partial charge in [0.1, 0.15) is 6.54 Å². The summed E-state index contributed by atoms with van der Waals surface area (Å²) in [5.41, 5.74) is 0. The maximum absolute atomic E-state index is 12.1. The molecule has 8 heteroatoms. The number of carbonyl (C=O) groups excluding carboxylic acids is 1. The second-order valence-corrected chi connectivity index (χ2v) is 5.95. The van der Waals surface area contributed by atoms with Crippen molar-refractivity contribution >= 4 is 23.2 Å². The predicted molar refractivity (Wildman–Crippen MR) is 80.4 cm³/mol. The summed E-state index contributed by atoms with van der Waals surface area (Å²) < 4.78 is 5.12. The summed E-state index contributed by atoms with van der Waals surface area (Å²) in [6.07, 6.45) is 0.428. The molecular formula is C14H17N3O4S. The Bertz CT molecular complexity index is 636. The average molecular weight is 323 g/mol. The van der Waals surface area contributed by atoms with E-state index in [4.69, 9.17) is 9.63 Å². The largest absolute Gasteiger partial charge is 0.480 e. The number of aliphatic carboxylic acids is 1. The molecule has 0 atom stereocenters. The molecule has 0 saturated heterocycles. The lowest BCUT2D eigenvalue weighted by Crippen LogP contribution is -2.40. The number of carbonyl (C=O) groups is 2. The molecule has 0 spiro atoms. The van der Waals surface area contributed by atoms with Gasteiger partial charge in [0.15, 0.2) is 0 Å². The molecule has 1 amide bonds. The number of aryl methyl sites for hydroxylation is 1. The minimum absolute atomic E-state index is 0.136. The van der Waals surface area contributed by atoms with E-state index >= 15 is 0 Å². The van der Waals surface area contributed by atoms with Crippen LogP contribution in [-0.2, 0) is 16.0 Å². The second kappa shape index (κ2) is 7.17. The van der Waals surface area contributed by atoms with Gasteiger partial charge in [-0.1, -0.05) is 11.2 Å². The number of hydrogen-bond donors (Lipinski definition) is 1. The molecule has 22 heavy (non-hydrogen) atoms. The van der Waals surface area contributed by atoms with E-state index in [1.807, 2.05) is 17.5 Å². The number of amides is 1. The Kier molecular flexibility index (Phi) is 5.26. The summed E-state index contributed by atoms with van der Waals surface area (Å²) in [4.78, 5) is 29.4. The Labute approximate surface area is 131 Å². The predicted octanol–water partition coefficient (Wildman–Crippen LogP) is 2.05. The highest BCUT2D eigenvalue weighted by Crippen LogP contribution is 2.21. The number of aromatic nitrogens is 2. The third-order valence-corrected chi connectivity index (χ3v) is 3.88. The number of thiophene rings is 1. The summed E-state index contributed by atoms with van der Waals surface area (Å²) in [5, 5.41) is 14.6. The van der Waals surface area contributed by atoms with E-state index in [2.05, 4.69) is 10.1 Å². The fraction of sp³-hybridized carbons (Fsp3) is 0.429. The molecule has 0 aromatic carbocycles. The first-order valence-electron chi connectivity index (χ1n) is 6.85. The maximum atomic E-state index is 12.1. The lowest BCUT2D eigenvalue weighted by molar-refractivity contribution is -0.145. The van der Waals surface area contributed by atoms with Crippen molar-refractivity contribution < 1.29 is 19.2 Å². The standard InChI is InChI=1S/C14H17N3O4S/c1-9(2)17(8-13(19)20)12(18)6-5-11-15-14(16-21-11)10-4-3-7-22-10/h3-4,7,9H,5-6,8H2,1-2H3,(H,19,20). The van der Waals surface area contributed by atoms with Crippen LogP contribution in [0.4, 0.5) is 0 Å². The van der Waals surface area contributed by atoms with Crippen LogP contribution >= 0.6 is 11.3 Å². The summed E-state index contributed by atoms with van der Waals surface area (Å²) in [5.74, 6) is -0.396. The zero-order valence-electron chi connectivity index (χ0n) is 12.4. The summed E-state index contributed by atoms with van der Waals surface area (Å²) >= 11 is 1.50. The van der Waals surface area contributed by atoms with Gasteiger partial charge < -0.3 is 14.5 Å². The van der Waals surface area contributed by atoms with Crippen molar-refractivity contribution in [1.82, 2.24) is 15.0 Å². The first kappa shape index (κ1) is 16.2. The van der Waals surface area contributed by atoms with E-state index in [1.165, 1.54) is 16.2 Å². The number of nitrogens with zero attached hydrogens (tertiary/aromatic N) is 3. The third kappa shape index (κ3) is 4.14. The van der Waals surface area contributed by atoms with Crippen LogP contribution in [-0.4, -0.2) is 44.6 Å². The lowest BCUT2D eigenvalue weighted by atomic mass is 10.2. The average Bonchev–Trinajstić information content (AvgIpc) is 3.11. The Hall–Kier alpha value is -2.22. The van der Waals surface area contributed by atoms with Crippen molar-refractivity contribution in [1.29, 1.82) is 0 Å². The van der Waals surface area contributed by atoms with Crippen LogP contribution in [0.3, 0.4) is 0 Å². The molecule has 1 N–H and O–H groups in total. The van der Waals surface area contributed by atoms with Gasteiger partial charge in [0.2, 0.25) is 17.6 Å². The minimum Gasteiger partial charge on any atom is -0.480 e. The fourth-order valence-corrected chi connectivity index (χ4v) is 2.57. The summed E-state index contributed by atoms with van der Waals surface area (Å²) in [7, 11) is 0. The lowest BCUT2D eigenvalue weighted by Gasteiger charge is -2.24. The molecule has 0 fully saturated rings. The van der Waals surface area contributed by atoms with Crippen LogP contribution < -0.4 is 0 Å². The quantitative estimate of drug-likeness (QED) is 0.837. The van der Waals surface area contributed by atoms with Gasteiger partial charge in [0.05, 0.1) is 4.88 Å². The van der Waals surface area contributed by atoms with Crippen LogP contribution in [0.5, 0.6) is 0 Å². The normalized spacial score (nSPS) is 10.9. The molecular weight excluding hydrogens is 306 g/mol. The fourth-order valence-electron chi connectivity index (χ4n) is 1.92. The van der Waals surface area contributed by atoms with E-state index in [0.29, 0.717) is 18.1 Å². The van der Waals surface area contributed by atoms with Gasteiger partial charge in [-0.05, 0) is 25.3 Å². The highest BCUT2D eigenvalue weighted by molar-refractivity contribution is 7.13. The van der Waals surface area contributed by atoms with Gasteiger partial charge >= 0.3 is 5.97 Å². The van der Waals surface area contributed by atoms with Crippen LogP contribution in [0.15, 0.2) is 22.0 Å². The van der Waals surface area contributed by atoms with E-state index in [0.717, 1.165) is 4.88 Å². The number of hydrogen-bond acceptors (Lipinski definition) is 6. The number of carboxylic acid groups (broad SMARTS) is 1. The molecule has 118 valence electrons. The highest BCUT2D eigenvalue weighted by atomic mass is 32.1. The second-order valence-electron chi connectivity index (χ2n) is 5.00. The topological polar surface area (TPSA) is 96.5 Å². The van der Waals surface area contributed by atoms with E-state index in [1.54, 1.807) is 13.8 Å². The molecule has 0 saturated carbocycles. The molecule has 2 aromatic heterocycles. The molecule has 2 rings (SSSR count). The smallest absolute Gasteiger partial charge is 0.323 e. The molecule has 2 heterocycles. The molecule has 7 nitrogen and oxygen atoms in total. The Morgan fingerprint density at radius 2 is 2.23 bits per heavy atom. The first-order valence-corrected chi connectivity index (χ1v) is 7.73. The molecule has 0 radical (unpaired) electrons. The van der Waals surface area contributed by atoms with Crippen LogP contribution in [0.25, 0.3) is 10.7 Å². The van der Waals surface area contributed by atoms with Gasteiger partial charge in [-0.2, -0.15) is 4.98 Å². The van der Waals surface area contributed by atoms with Gasteiger partial charge in [-0.25, -0.2) is 0 Å². The summed E-state index contributed by atoms with van der Waals surface area (Å²) in [6.45, 7) is 3.26. The van der Waals surface area contributed by atoms with Crippen molar-refractivity contribution in [3.63, 3.8) is 0 Å².